The standard InChI is InChI=1S/C22H20F5N3O3/c1-12(18(31)28-11-21(23,24)22(25,26)27)19(32)29-17-15-9-4-3-7-13(15)14-8-5-6-10-16(14)30(2)20(17)33/h3-10,12,17H,11H2,1-2H3,(H,28,31)(H,29,32)/t12?,17-/m0/s1. The minimum Gasteiger partial charge on any atom is -0.349 e. The van der Waals surface area contributed by atoms with Crippen LogP contribution in [0.15, 0.2) is 48.5 Å². The van der Waals surface area contributed by atoms with Gasteiger partial charge in [0.1, 0.15) is 12.0 Å². The van der Waals surface area contributed by atoms with E-state index in [1.807, 2.05) is 0 Å². The maximum atomic E-state index is 13.2. The predicted octanol–water partition coefficient (Wildman–Crippen LogP) is 3.44. The number of anilines is 1. The van der Waals surface area contributed by atoms with Gasteiger partial charge in [-0.1, -0.05) is 42.5 Å². The van der Waals surface area contributed by atoms with Gasteiger partial charge in [0, 0.05) is 12.6 Å². The van der Waals surface area contributed by atoms with Crippen molar-refractivity contribution in [2.45, 2.75) is 25.1 Å². The second-order valence-electron chi connectivity index (χ2n) is 7.58. The number of amides is 3. The van der Waals surface area contributed by atoms with E-state index in [0.29, 0.717) is 16.8 Å². The number of carbonyl (C=O) groups is 3. The fraction of sp³-hybridized carbons (Fsp3) is 0.318. The molecule has 0 fully saturated rings. The number of carbonyl (C=O) groups excluding carboxylic acids is 3. The zero-order valence-electron chi connectivity index (χ0n) is 17.5. The Labute approximate surface area is 185 Å². The molecule has 3 rings (SSSR count). The highest BCUT2D eigenvalue weighted by molar-refractivity contribution is 6.07. The summed E-state index contributed by atoms with van der Waals surface area (Å²) in [5.74, 6) is -9.64. The monoisotopic (exact) mass is 469 g/mol. The van der Waals surface area contributed by atoms with Gasteiger partial charge in [0.25, 0.3) is 5.91 Å². The van der Waals surface area contributed by atoms with E-state index in [0.717, 1.165) is 12.5 Å². The van der Waals surface area contributed by atoms with Crippen LogP contribution in [0, 0.1) is 5.92 Å². The predicted molar refractivity (Wildman–Crippen MR) is 109 cm³/mol. The molecule has 0 saturated carbocycles. The molecule has 0 bridgehead atoms. The fourth-order valence-electron chi connectivity index (χ4n) is 3.41. The number of nitrogens with zero attached hydrogens (tertiary/aromatic N) is 1. The number of likely N-dealkylation sites (N-methyl/N-ethyl adjacent to an activating group) is 1. The van der Waals surface area contributed by atoms with E-state index in [9.17, 15) is 36.3 Å². The average Bonchev–Trinajstić information content (AvgIpc) is 2.86. The van der Waals surface area contributed by atoms with Crippen LogP contribution in [0.25, 0.3) is 11.1 Å². The van der Waals surface area contributed by atoms with E-state index >= 15 is 0 Å². The topological polar surface area (TPSA) is 78.5 Å². The molecule has 3 amide bonds. The first kappa shape index (κ1) is 24.1. The molecule has 1 heterocycles. The van der Waals surface area contributed by atoms with Crippen molar-refractivity contribution >= 4 is 23.4 Å². The van der Waals surface area contributed by atoms with E-state index in [1.165, 1.54) is 17.3 Å². The van der Waals surface area contributed by atoms with Crippen LogP contribution >= 0.6 is 0 Å². The van der Waals surface area contributed by atoms with Gasteiger partial charge in [-0.25, -0.2) is 0 Å². The van der Waals surface area contributed by atoms with E-state index in [2.05, 4.69) is 5.32 Å². The molecule has 11 heteroatoms. The number of fused-ring (bicyclic) bond motifs is 3. The summed E-state index contributed by atoms with van der Waals surface area (Å²) in [5.41, 5.74) is 2.44. The highest BCUT2D eigenvalue weighted by atomic mass is 19.4. The molecule has 1 aliphatic rings. The van der Waals surface area contributed by atoms with E-state index < -0.39 is 48.3 Å². The van der Waals surface area contributed by atoms with Crippen LogP contribution in [-0.4, -0.2) is 43.4 Å². The molecule has 0 aromatic heterocycles. The van der Waals surface area contributed by atoms with Crippen molar-refractivity contribution in [3.05, 3.63) is 54.1 Å². The first-order valence-corrected chi connectivity index (χ1v) is 9.83. The Kier molecular flexibility index (Phi) is 6.44. The molecule has 6 nitrogen and oxygen atoms in total. The summed E-state index contributed by atoms with van der Waals surface area (Å²) in [5, 5.41) is 3.89. The van der Waals surface area contributed by atoms with Gasteiger partial charge in [-0.3, -0.25) is 14.4 Å². The number of para-hydroxylation sites is 1. The summed E-state index contributed by atoms with van der Waals surface area (Å²) in [6.45, 7) is -0.960. The summed E-state index contributed by atoms with van der Waals surface area (Å²) in [7, 11) is 1.52. The molecule has 2 aromatic rings. The van der Waals surface area contributed by atoms with Crippen LogP contribution in [0.3, 0.4) is 0 Å². The van der Waals surface area contributed by atoms with E-state index in [4.69, 9.17) is 0 Å². The Morgan fingerprint density at radius 1 is 0.970 bits per heavy atom. The van der Waals surface area contributed by atoms with Crippen LogP contribution in [0.5, 0.6) is 0 Å². The number of alkyl halides is 5. The molecule has 1 aliphatic heterocycles. The molecular weight excluding hydrogens is 449 g/mol. The molecule has 1 unspecified atom stereocenters. The largest absolute Gasteiger partial charge is 0.455 e. The smallest absolute Gasteiger partial charge is 0.349 e. The lowest BCUT2D eigenvalue weighted by Gasteiger charge is -2.24. The molecule has 0 saturated heterocycles. The van der Waals surface area contributed by atoms with Gasteiger partial charge >= 0.3 is 12.1 Å². The number of hydrogen-bond acceptors (Lipinski definition) is 3. The molecule has 0 radical (unpaired) electrons. The van der Waals surface area contributed by atoms with Crippen molar-refractivity contribution in [1.29, 1.82) is 0 Å². The number of nitrogens with one attached hydrogen (secondary N) is 2. The SMILES string of the molecule is CC(C(=O)NCC(F)(F)C(F)(F)F)C(=O)N[C@@H]1C(=O)N(C)c2ccccc2-c2ccccc21. The minimum atomic E-state index is -5.85. The Hall–Kier alpha value is -3.50. The van der Waals surface area contributed by atoms with Gasteiger partial charge in [0.2, 0.25) is 11.8 Å². The van der Waals surface area contributed by atoms with E-state index in [1.54, 1.807) is 48.5 Å². The lowest BCUT2D eigenvalue weighted by atomic mass is 9.95. The van der Waals surface area contributed by atoms with Crippen LogP contribution in [0.2, 0.25) is 0 Å². The molecule has 0 spiro atoms. The fourth-order valence-corrected chi connectivity index (χ4v) is 3.41. The summed E-state index contributed by atoms with van der Waals surface area (Å²) >= 11 is 0. The quantitative estimate of drug-likeness (QED) is 0.520. The van der Waals surface area contributed by atoms with Gasteiger partial charge in [0.05, 0.1) is 12.2 Å². The Balaban J connectivity index is 1.82. The number of rotatable bonds is 5. The minimum absolute atomic E-state index is 0.448. The second-order valence-corrected chi connectivity index (χ2v) is 7.58. The van der Waals surface area contributed by atoms with E-state index in [-0.39, 0.29) is 0 Å². The molecule has 0 aliphatic carbocycles. The first-order valence-electron chi connectivity index (χ1n) is 9.83. The molecular formula is C22H20F5N3O3. The van der Waals surface area contributed by atoms with Crippen molar-refractivity contribution in [1.82, 2.24) is 10.6 Å². The van der Waals surface area contributed by atoms with Crippen molar-refractivity contribution < 1.29 is 36.3 Å². The molecule has 2 aromatic carbocycles. The normalized spacial score (nSPS) is 16.9. The molecule has 33 heavy (non-hydrogen) atoms. The van der Waals surface area contributed by atoms with Gasteiger partial charge in [-0.2, -0.15) is 22.0 Å². The van der Waals surface area contributed by atoms with Crippen molar-refractivity contribution in [2.75, 3.05) is 18.5 Å². The zero-order chi connectivity index (χ0) is 24.6. The summed E-state index contributed by atoms with van der Waals surface area (Å²) in [4.78, 5) is 39.2. The van der Waals surface area contributed by atoms with Crippen LogP contribution in [-0.2, 0) is 14.4 Å². The molecule has 2 atom stereocenters. The van der Waals surface area contributed by atoms with Gasteiger partial charge in [-0.05, 0) is 24.1 Å². The highest BCUT2D eigenvalue weighted by Crippen LogP contribution is 2.39. The van der Waals surface area contributed by atoms with Crippen molar-refractivity contribution in [3.8, 4) is 11.1 Å². The second kappa shape index (κ2) is 8.80. The third-order valence-corrected chi connectivity index (χ3v) is 5.38. The molecule has 176 valence electrons. The maximum absolute atomic E-state index is 13.2. The average molecular weight is 469 g/mol. The first-order chi connectivity index (χ1) is 15.3. The van der Waals surface area contributed by atoms with Crippen LogP contribution < -0.4 is 15.5 Å². The maximum Gasteiger partial charge on any atom is 0.455 e. The summed E-state index contributed by atoms with van der Waals surface area (Å²) in [6.07, 6.45) is -5.85. The third kappa shape index (κ3) is 4.67. The Bertz CT molecular complexity index is 1090. The van der Waals surface area contributed by atoms with Crippen LogP contribution in [0.4, 0.5) is 27.6 Å². The van der Waals surface area contributed by atoms with Crippen molar-refractivity contribution in [3.63, 3.8) is 0 Å². The van der Waals surface area contributed by atoms with Crippen LogP contribution in [0.1, 0.15) is 18.5 Å². The molecule has 2 N–H and O–H groups in total. The van der Waals surface area contributed by atoms with Gasteiger partial charge in [0.15, 0.2) is 0 Å². The highest BCUT2D eigenvalue weighted by Gasteiger charge is 2.57. The number of halogens is 5. The Morgan fingerprint density at radius 2 is 1.55 bits per heavy atom. The Morgan fingerprint density at radius 3 is 2.18 bits per heavy atom. The lowest BCUT2D eigenvalue weighted by molar-refractivity contribution is -0.278. The third-order valence-electron chi connectivity index (χ3n) is 5.38. The lowest BCUT2D eigenvalue weighted by Crippen LogP contribution is -2.50. The summed E-state index contributed by atoms with van der Waals surface area (Å²) in [6, 6.07) is 12.7. The zero-order valence-corrected chi connectivity index (χ0v) is 17.5. The number of hydrogen-bond donors (Lipinski definition) is 2. The van der Waals surface area contributed by atoms with Crippen molar-refractivity contribution in [2.24, 2.45) is 5.92 Å². The number of benzene rings is 2. The summed E-state index contributed by atoms with van der Waals surface area (Å²) < 4.78 is 63.0. The van der Waals surface area contributed by atoms with Gasteiger partial charge < -0.3 is 15.5 Å². The van der Waals surface area contributed by atoms with Gasteiger partial charge in [-0.15, -0.1) is 0 Å².